The van der Waals surface area contributed by atoms with Gasteiger partial charge >= 0.3 is 0 Å². The van der Waals surface area contributed by atoms with Crippen molar-refractivity contribution in [3.8, 4) is 6.07 Å². The number of nitriles is 1. The molecule has 0 amide bonds. The molecule has 0 spiro atoms. The number of fused-ring (bicyclic) bond motifs is 1. The molecule has 8 nitrogen and oxygen atoms in total. The fourth-order valence-corrected chi connectivity index (χ4v) is 2.82. The minimum atomic E-state index is 0.265. The quantitative estimate of drug-likeness (QED) is 0.699. The van der Waals surface area contributed by atoms with Gasteiger partial charge in [0.05, 0.1) is 17.8 Å². The first-order chi connectivity index (χ1) is 10.7. The molecule has 4 heterocycles. The summed E-state index contributed by atoms with van der Waals surface area (Å²) in [6.45, 7) is 3.62. The minimum absolute atomic E-state index is 0.265. The van der Waals surface area contributed by atoms with E-state index in [1.165, 1.54) is 0 Å². The van der Waals surface area contributed by atoms with Crippen molar-refractivity contribution in [2.75, 3.05) is 18.0 Å². The van der Waals surface area contributed by atoms with E-state index in [9.17, 15) is 0 Å². The van der Waals surface area contributed by atoms with Crippen LogP contribution in [0.15, 0.2) is 24.5 Å². The van der Waals surface area contributed by atoms with Crippen LogP contribution in [0.4, 0.5) is 5.82 Å². The predicted molar refractivity (Wildman–Crippen MR) is 78.3 cm³/mol. The van der Waals surface area contributed by atoms with Gasteiger partial charge in [-0.25, -0.2) is 0 Å². The summed E-state index contributed by atoms with van der Waals surface area (Å²) in [6.07, 6.45) is 4.38. The summed E-state index contributed by atoms with van der Waals surface area (Å²) in [5.74, 6) is 1.68. The normalized spacial score (nSPS) is 18.0. The van der Waals surface area contributed by atoms with Crippen LogP contribution in [0.25, 0.3) is 5.65 Å². The maximum atomic E-state index is 8.89. The van der Waals surface area contributed by atoms with Crippen LogP contribution >= 0.6 is 0 Å². The van der Waals surface area contributed by atoms with Gasteiger partial charge in [0, 0.05) is 19.3 Å². The van der Waals surface area contributed by atoms with E-state index in [1.54, 1.807) is 16.9 Å². The van der Waals surface area contributed by atoms with Crippen molar-refractivity contribution < 1.29 is 0 Å². The van der Waals surface area contributed by atoms with Crippen molar-refractivity contribution in [3.63, 3.8) is 0 Å². The summed E-state index contributed by atoms with van der Waals surface area (Å²) < 4.78 is 3.63. The van der Waals surface area contributed by atoms with Gasteiger partial charge in [0.1, 0.15) is 11.9 Å². The van der Waals surface area contributed by atoms with Crippen LogP contribution in [0.3, 0.4) is 0 Å². The Balaban J connectivity index is 1.58. The number of anilines is 1. The molecule has 0 radical (unpaired) electrons. The van der Waals surface area contributed by atoms with Crippen molar-refractivity contribution in [2.45, 2.75) is 19.4 Å². The summed E-state index contributed by atoms with van der Waals surface area (Å²) in [5.41, 5.74) is 1.35. The molecule has 1 atom stereocenters. The molecule has 1 unspecified atom stereocenters. The van der Waals surface area contributed by atoms with Crippen LogP contribution in [0.5, 0.6) is 0 Å². The molecule has 8 heteroatoms. The smallest absolute Gasteiger partial charge is 0.178 e. The minimum Gasteiger partial charge on any atom is -0.353 e. The molecule has 0 saturated carbocycles. The van der Waals surface area contributed by atoms with Crippen LogP contribution in [0.2, 0.25) is 0 Å². The molecule has 1 saturated heterocycles. The van der Waals surface area contributed by atoms with Gasteiger partial charge in [0.25, 0.3) is 0 Å². The lowest BCUT2D eigenvalue weighted by Gasteiger charge is -2.17. The number of aromatic nitrogens is 6. The Morgan fingerprint density at radius 1 is 1.32 bits per heavy atom. The maximum Gasteiger partial charge on any atom is 0.178 e. The summed E-state index contributed by atoms with van der Waals surface area (Å²) in [5, 5.41) is 25.8. The second kappa shape index (κ2) is 4.80. The molecule has 4 rings (SSSR count). The van der Waals surface area contributed by atoms with Gasteiger partial charge in [-0.3, -0.25) is 4.68 Å². The molecule has 3 aromatic rings. The van der Waals surface area contributed by atoms with Crippen molar-refractivity contribution in [2.24, 2.45) is 0 Å². The van der Waals surface area contributed by atoms with Gasteiger partial charge in [0.15, 0.2) is 11.5 Å². The third kappa shape index (κ3) is 1.98. The van der Waals surface area contributed by atoms with Crippen molar-refractivity contribution >= 4 is 11.5 Å². The summed E-state index contributed by atoms with van der Waals surface area (Å²) in [4.78, 5) is 2.22. The summed E-state index contributed by atoms with van der Waals surface area (Å²) >= 11 is 0. The Hall–Kier alpha value is -2.95. The van der Waals surface area contributed by atoms with Crippen molar-refractivity contribution in [1.29, 1.82) is 5.26 Å². The van der Waals surface area contributed by atoms with E-state index in [1.807, 2.05) is 23.7 Å². The molecular weight excluding hydrogens is 280 g/mol. The number of hydrogen-bond acceptors (Lipinski definition) is 6. The highest BCUT2D eigenvalue weighted by atomic mass is 15.4. The van der Waals surface area contributed by atoms with Crippen LogP contribution in [-0.2, 0) is 0 Å². The van der Waals surface area contributed by atoms with Gasteiger partial charge in [0.2, 0.25) is 0 Å². The Bertz CT molecular complexity index is 870. The molecule has 0 N–H and O–H groups in total. The highest BCUT2D eigenvalue weighted by Gasteiger charge is 2.26. The predicted octanol–water partition coefficient (Wildman–Crippen LogP) is 0.952. The zero-order valence-corrected chi connectivity index (χ0v) is 12.1. The lowest BCUT2D eigenvalue weighted by Crippen LogP contribution is -2.22. The zero-order chi connectivity index (χ0) is 15.1. The second-order valence-electron chi connectivity index (χ2n) is 5.42. The number of nitrogens with zero attached hydrogens (tertiary/aromatic N) is 8. The first-order valence-corrected chi connectivity index (χ1v) is 7.13. The van der Waals surface area contributed by atoms with E-state index in [0.717, 1.165) is 36.8 Å². The maximum absolute atomic E-state index is 8.89. The van der Waals surface area contributed by atoms with E-state index in [4.69, 9.17) is 5.26 Å². The van der Waals surface area contributed by atoms with Gasteiger partial charge in [-0.15, -0.1) is 15.3 Å². The SMILES string of the molecule is Cc1nnc2ccc(N3CCC(n4cc(C#N)cn4)C3)nn12. The summed E-state index contributed by atoms with van der Waals surface area (Å²) in [7, 11) is 0. The van der Waals surface area contributed by atoms with Gasteiger partial charge < -0.3 is 4.90 Å². The Morgan fingerprint density at radius 2 is 2.23 bits per heavy atom. The van der Waals surface area contributed by atoms with Crippen LogP contribution < -0.4 is 4.90 Å². The molecule has 0 aliphatic carbocycles. The first kappa shape index (κ1) is 12.8. The van der Waals surface area contributed by atoms with Crippen LogP contribution in [0, 0.1) is 18.3 Å². The van der Waals surface area contributed by atoms with E-state index < -0.39 is 0 Å². The highest BCUT2D eigenvalue weighted by Crippen LogP contribution is 2.25. The van der Waals surface area contributed by atoms with Gasteiger partial charge in [-0.2, -0.15) is 14.9 Å². The molecule has 1 fully saturated rings. The second-order valence-corrected chi connectivity index (χ2v) is 5.42. The molecule has 1 aliphatic rings. The third-order valence-corrected chi connectivity index (χ3v) is 4.00. The van der Waals surface area contributed by atoms with Crippen molar-refractivity contribution in [1.82, 2.24) is 29.6 Å². The number of aryl methyl sites for hydroxylation is 1. The standard InChI is InChI=1S/C14H14N8/c1-10-17-18-13-2-3-14(19-22(10)13)20-5-4-12(9-20)21-8-11(6-15)7-16-21/h2-3,7-8,12H,4-5,9H2,1H3. The first-order valence-electron chi connectivity index (χ1n) is 7.13. The fraction of sp³-hybridized carbons (Fsp3) is 0.357. The largest absolute Gasteiger partial charge is 0.353 e. The van der Waals surface area contributed by atoms with E-state index in [2.05, 4.69) is 31.4 Å². The lowest BCUT2D eigenvalue weighted by molar-refractivity contribution is 0.494. The molecular formula is C14H14N8. The summed E-state index contributed by atoms with van der Waals surface area (Å²) in [6, 6.07) is 6.27. The van der Waals surface area contributed by atoms with Crippen molar-refractivity contribution in [3.05, 3.63) is 35.9 Å². The average Bonchev–Trinajstić information content (AvgIpc) is 3.26. The van der Waals surface area contributed by atoms with E-state index in [0.29, 0.717) is 5.56 Å². The Labute approximate surface area is 126 Å². The molecule has 0 aromatic carbocycles. The topological polar surface area (TPSA) is 87.9 Å². The lowest BCUT2D eigenvalue weighted by atomic mass is 10.3. The highest BCUT2D eigenvalue weighted by molar-refractivity contribution is 5.46. The Kier molecular flexibility index (Phi) is 2.79. The average molecular weight is 294 g/mol. The number of hydrogen-bond donors (Lipinski definition) is 0. The molecule has 3 aromatic heterocycles. The number of rotatable bonds is 2. The third-order valence-electron chi connectivity index (χ3n) is 4.00. The fourth-order valence-electron chi connectivity index (χ4n) is 2.82. The molecule has 22 heavy (non-hydrogen) atoms. The van der Waals surface area contributed by atoms with E-state index in [-0.39, 0.29) is 6.04 Å². The molecule has 110 valence electrons. The van der Waals surface area contributed by atoms with Gasteiger partial charge in [-0.1, -0.05) is 0 Å². The Morgan fingerprint density at radius 3 is 3.05 bits per heavy atom. The van der Waals surface area contributed by atoms with Crippen LogP contribution in [-0.4, -0.2) is 42.7 Å². The molecule has 1 aliphatic heterocycles. The molecule has 0 bridgehead atoms. The van der Waals surface area contributed by atoms with Gasteiger partial charge in [-0.05, 0) is 25.5 Å². The van der Waals surface area contributed by atoms with Crippen LogP contribution in [0.1, 0.15) is 23.9 Å². The monoisotopic (exact) mass is 294 g/mol. The van der Waals surface area contributed by atoms with E-state index >= 15 is 0 Å². The zero-order valence-electron chi connectivity index (χ0n) is 12.1.